The molecule has 2 N–H and O–H groups in total. The summed E-state index contributed by atoms with van der Waals surface area (Å²) in [5, 5.41) is 11.6. The van der Waals surface area contributed by atoms with Crippen molar-refractivity contribution in [2.45, 2.75) is 103 Å². The number of hydrogen-bond donors (Lipinski definition) is 2. The maximum atomic E-state index is 10.3. The molecule has 0 saturated heterocycles. The fraction of sp³-hybridized carbons (Fsp3) is 0.857. The van der Waals surface area contributed by atoms with Crippen LogP contribution in [0.5, 0.6) is 0 Å². The standard InChI is InChI=1S/C21H41NO2/c1-2-3-4-5-6-7-8-9-10-11-12-13-14-15-16-17-19-22-20-18-21(23)24/h16-17,22H,2-15,18-20H2,1H3,(H,23,24). The molecule has 0 atom stereocenters. The summed E-state index contributed by atoms with van der Waals surface area (Å²) >= 11 is 0. The molecule has 0 bridgehead atoms. The Labute approximate surface area is 150 Å². The van der Waals surface area contributed by atoms with Gasteiger partial charge in [-0.1, -0.05) is 96.1 Å². The number of unbranched alkanes of at least 4 members (excludes halogenated alkanes) is 13. The van der Waals surface area contributed by atoms with Gasteiger partial charge in [0.25, 0.3) is 0 Å². The van der Waals surface area contributed by atoms with Crippen molar-refractivity contribution in [2.75, 3.05) is 13.1 Å². The number of carbonyl (C=O) groups is 1. The normalized spacial score (nSPS) is 11.4. The van der Waals surface area contributed by atoms with E-state index in [9.17, 15) is 4.79 Å². The summed E-state index contributed by atoms with van der Waals surface area (Å²) in [5.74, 6) is -0.738. The lowest BCUT2D eigenvalue weighted by atomic mass is 10.0. The maximum absolute atomic E-state index is 10.3. The van der Waals surface area contributed by atoms with Crippen LogP contribution >= 0.6 is 0 Å². The molecule has 0 aliphatic heterocycles. The van der Waals surface area contributed by atoms with Crippen molar-refractivity contribution in [3.05, 3.63) is 12.2 Å². The van der Waals surface area contributed by atoms with E-state index in [0.29, 0.717) is 6.54 Å². The summed E-state index contributed by atoms with van der Waals surface area (Å²) in [6, 6.07) is 0. The van der Waals surface area contributed by atoms with Crippen molar-refractivity contribution >= 4 is 5.97 Å². The van der Waals surface area contributed by atoms with Crippen molar-refractivity contribution < 1.29 is 9.90 Å². The highest BCUT2D eigenvalue weighted by Gasteiger charge is 1.94. The number of rotatable bonds is 19. The Hall–Kier alpha value is -0.830. The second kappa shape index (κ2) is 20.2. The number of aliphatic carboxylic acids is 1. The molecule has 0 aromatic heterocycles. The van der Waals surface area contributed by atoms with Crippen LogP contribution < -0.4 is 5.32 Å². The average molecular weight is 340 g/mol. The van der Waals surface area contributed by atoms with E-state index >= 15 is 0 Å². The van der Waals surface area contributed by atoms with Crippen molar-refractivity contribution in [3.8, 4) is 0 Å². The quantitative estimate of drug-likeness (QED) is 0.221. The van der Waals surface area contributed by atoms with Crippen LogP contribution in [0.3, 0.4) is 0 Å². The Balaban J connectivity index is 3.05. The third kappa shape index (κ3) is 21.2. The molecule has 0 fully saturated rings. The molecule has 0 saturated carbocycles. The molecule has 24 heavy (non-hydrogen) atoms. The minimum Gasteiger partial charge on any atom is -0.481 e. The van der Waals surface area contributed by atoms with E-state index in [2.05, 4.69) is 24.4 Å². The van der Waals surface area contributed by atoms with Crippen LogP contribution in [0.15, 0.2) is 12.2 Å². The molecule has 3 nitrogen and oxygen atoms in total. The highest BCUT2D eigenvalue weighted by atomic mass is 16.4. The predicted octanol–water partition coefficient (Wildman–Crippen LogP) is 6.09. The predicted molar refractivity (Wildman–Crippen MR) is 105 cm³/mol. The first-order chi connectivity index (χ1) is 11.8. The average Bonchev–Trinajstić information content (AvgIpc) is 2.56. The minimum atomic E-state index is -0.738. The fourth-order valence-corrected chi connectivity index (χ4v) is 2.86. The van der Waals surface area contributed by atoms with Gasteiger partial charge in [0.2, 0.25) is 0 Å². The Morgan fingerprint density at radius 3 is 1.79 bits per heavy atom. The maximum Gasteiger partial charge on any atom is 0.304 e. The van der Waals surface area contributed by atoms with Gasteiger partial charge in [0.15, 0.2) is 0 Å². The minimum absolute atomic E-state index is 0.201. The van der Waals surface area contributed by atoms with Crippen LogP contribution in [0.2, 0.25) is 0 Å². The molecular formula is C21H41NO2. The van der Waals surface area contributed by atoms with Crippen LogP contribution in [-0.4, -0.2) is 24.2 Å². The highest BCUT2D eigenvalue weighted by molar-refractivity contribution is 5.66. The number of carboxylic acid groups (broad SMARTS) is 1. The van der Waals surface area contributed by atoms with Crippen molar-refractivity contribution in [1.82, 2.24) is 5.32 Å². The molecular weight excluding hydrogens is 298 g/mol. The molecule has 0 aromatic rings. The Morgan fingerprint density at radius 1 is 0.792 bits per heavy atom. The first-order valence-electron chi connectivity index (χ1n) is 10.3. The van der Waals surface area contributed by atoms with Gasteiger partial charge in [0, 0.05) is 13.1 Å². The van der Waals surface area contributed by atoms with Gasteiger partial charge in [0.1, 0.15) is 0 Å². The van der Waals surface area contributed by atoms with Crippen molar-refractivity contribution in [2.24, 2.45) is 0 Å². The van der Waals surface area contributed by atoms with Crippen LogP contribution in [0, 0.1) is 0 Å². The second-order valence-corrected chi connectivity index (χ2v) is 6.85. The molecule has 0 amide bonds. The summed E-state index contributed by atoms with van der Waals surface area (Å²) in [7, 11) is 0. The third-order valence-electron chi connectivity index (χ3n) is 4.42. The molecule has 0 radical (unpaired) electrons. The Bertz CT molecular complexity index is 290. The van der Waals surface area contributed by atoms with E-state index in [4.69, 9.17) is 5.11 Å². The van der Waals surface area contributed by atoms with Crippen LogP contribution in [0.1, 0.15) is 103 Å². The molecule has 3 heteroatoms. The monoisotopic (exact) mass is 339 g/mol. The van der Waals surface area contributed by atoms with Gasteiger partial charge in [-0.05, 0) is 12.8 Å². The van der Waals surface area contributed by atoms with Crippen LogP contribution in [0.4, 0.5) is 0 Å². The molecule has 0 aliphatic rings. The van der Waals surface area contributed by atoms with E-state index in [1.54, 1.807) is 0 Å². The fourth-order valence-electron chi connectivity index (χ4n) is 2.86. The van der Waals surface area contributed by atoms with Crippen LogP contribution in [-0.2, 0) is 4.79 Å². The molecule has 142 valence electrons. The lowest BCUT2D eigenvalue weighted by molar-refractivity contribution is -0.136. The zero-order chi connectivity index (χ0) is 17.7. The molecule has 0 aromatic carbocycles. The third-order valence-corrected chi connectivity index (χ3v) is 4.42. The van der Waals surface area contributed by atoms with Gasteiger partial charge < -0.3 is 10.4 Å². The lowest BCUT2D eigenvalue weighted by Gasteiger charge is -2.02. The van der Waals surface area contributed by atoms with Gasteiger partial charge in [-0.3, -0.25) is 4.79 Å². The molecule has 0 aliphatic carbocycles. The molecule has 0 rings (SSSR count). The van der Waals surface area contributed by atoms with Crippen LogP contribution in [0.25, 0.3) is 0 Å². The number of carboxylic acids is 1. The molecule has 0 spiro atoms. The SMILES string of the molecule is CCCCCCCCCCCCCCCC=CCNCCC(=O)O. The summed E-state index contributed by atoms with van der Waals surface area (Å²) < 4.78 is 0. The Morgan fingerprint density at radius 2 is 1.29 bits per heavy atom. The first-order valence-corrected chi connectivity index (χ1v) is 10.3. The smallest absolute Gasteiger partial charge is 0.304 e. The van der Waals surface area contributed by atoms with Gasteiger partial charge in [-0.2, -0.15) is 0 Å². The summed E-state index contributed by atoms with van der Waals surface area (Å²) in [6.45, 7) is 3.61. The van der Waals surface area contributed by atoms with Crippen molar-refractivity contribution in [3.63, 3.8) is 0 Å². The second-order valence-electron chi connectivity index (χ2n) is 6.85. The topological polar surface area (TPSA) is 49.3 Å². The van der Waals surface area contributed by atoms with Gasteiger partial charge >= 0.3 is 5.97 Å². The van der Waals surface area contributed by atoms with Gasteiger partial charge in [0.05, 0.1) is 6.42 Å². The van der Waals surface area contributed by atoms with Gasteiger partial charge in [-0.25, -0.2) is 0 Å². The van der Waals surface area contributed by atoms with Crippen molar-refractivity contribution in [1.29, 1.82) is 0 Å². The number of allylic oxidation sites excluding steroid dienone is 1. The summed E-state index contributed by atoms with van der Waals surface area (Å²) in [5.41, 5.74) is 0. The molecule has 0 heterocycles. The highest BCUT2D eigenvalue weighted by Crippen LogP contribution is 2.12. The lowest BCUT2D eigenvalue weighted by Crippen LogP contribution is -2.17. The van der Waals surface area contributed by atoms with Gasteiger partial charge in [-0.15, -0.1) is 0 Å². The Kier molecular flexibility index (Phi) is 19.5. The van der Waals surface area contributed by atoms with E-state index in [1.807, 2.05) is 0 Å². The van der Waals surface area contributed by atoms with E-state index in [1.165, 1.54) is 83.5 Å². The number of nitrogens with one attached hydrogen (secondary N) is 1. The zero-order valence-corrected chi connectivity index (χ0v) is 16.0. The first kappa shape index (κ1) is 23.2. The number of hydrogen-bond acceptors (Lipinski definition) is 2. The zero-order valence-electron chi connectivity index (χ0n) is 16.0. The largest absolute Gasteiger partial charge is 0.481 e. The summed E-state index contributed by atoms with van der Waals surface area (Å²) in [6.07, 6.45) is 23.9. The van der Waals surface area contributed by atoms with E-state index < -0.39 is 5.97 Å². The summed E-state index contributed by atoms with van der Waals surface area (Å²) in [4.78, 5) is 10.3. The van der Waals surface area contributed by atoms with E-state index in [0.717, 1.165) is 13.0 Å². The molecule has 0 unspecified atom stereocenters. The van der Waals surface area contributed by atoms with E-state index in [-0.39, 0.29) is 6.42 Å².